The number of amides is 2. The van der Waals surface area contributed by atoms with Crippen LogP contribution in [0.3, 0.4) is 0 Å². The summed E-state index contributed by atoms with van der Waals surface area (Å²) in [5, 5.41) is 23.1. The van der Waals surface area contributed by atoms with E-state index in [0.717, 1.165) is 50.1 Å². The fraction of sp³-hybridized carbons (Fsp3) is 0.277. The van der Waals surface area contributed by atoms with Crippen LogP contribution in [0.25, 0.3) is 22.3 Å². The number of hydrogen-bond acceptors (Lipinski definition) is 6. The quantitative estimate of drug-likeness (QED) is 0.104. The van der Waals surface area contributed by atoms with E-state index < -0.39 is 36.2 Å². The van der Waals surface area contributed by atoms with Crippen LogP contribution in [0.2, 0.25) is 0 Å². The molecule has 2 atom stereocenters. The molecular weight excluding hydrogens is 721 g/mol. The van der Waals surface area contributed by atoms with E-state index >= 15 is 0 Å². The molecule has 2 aliphatic rings. The Morgan fingerprint density at radius 2 is 0.912 bits per heavy atom. The van der Waals surface area contributed by atoms with Crippen LogP contribution in [0, 0.1) is 0 Å². The third-order valence-electron chi connectivity index (χ3n) is 9.61. The van der Waals surface area contributed by atoms with Crippen molar-refractivity contribution in [2.24, 2.45) is 0 Å². The lowest BCUT2D eigenvalue weighted by atomic mass is 9.98. The number of alkyl carbamates (subject to hydrolysis) is 2. The minimum absolute atomic E-state index is 0.0517. The molecule has 57 heavy (non-hydrogen) atoms. The number of carboxylic acids is 2. The fourth-order valence-corrected chi connectivity index (χ4v) is 6.53. The van der Waals surface area contributed by atoms with E-state index in [1.807, 2.05) is 93.6 Å². The van der Waals surface area contributed by atoms with Crippen molar-refractivity contribution in [1.29, 1.82) is 0 Å². The molecule has 0 bridgehead atoms. The van der Waals surface area contributed by atoms with Crippen LogP contribution in [0.5, 0.6) is 0 Å². The second-order valence-corrected chi connectivity index (χ2v) is 14.1. The minimum Gasteiger partial charge on any atom is -0.480 e. The van der Waals surface area contributed by atoms with Crippen molar-refractivity contribution in [1.82, 2.24) is 10.6 Å². The Balaban J connectivity index is 0.000000226. The molecule has 10 heteroatoms. The van der Waals surface area contributed by atoms with Crippen molar-refractivity contribution in [3.8, 4) is 22.3 Å². The molecule has 0 saturated heterocycles. The van der Waals surface area contributed by atoms with E-state index in [9.17, 15) is 24.3 Å². The van der Waals surface area contributed by atoms with E-state index in [2.05, 4.69) is 61.4 Å². The van der Waals surface area contributed by atoms with Crippen LogP contribution in [-0.2, 0) is 19.1 Å². The number of aliphatic carboxylic acids is 2. The lowest BCUT2D eigenvalue weighted by molar-refractivity contribution is -0.140. The maximum atomic E-state index is 12.2. The summed E-state index contributed by atoms with van der Waals surface area (Å²) in [6, 6.07) is 30.1. The van der Waals surface area contributed by atoms with Gasteiger partial charge in [-0.15, -0.1) is 6.58 Å². The van der Waals surface area contributed by atoms with Gasteiger partial charge in [-0.2, -0.15) is 0 Å². The molecule has 0 fully saturated rings. The molecule has 2 aliphatic carbocycles. The van der Waals surface area contributed by atoms with Gasteiger partial charge in [0, 0.05) is 11.8 Å². The van der Waals surface area contributed by atoms with Crippen LogP contribution in [-0.4, -0.2) is 59.6 Å². The Labute approximate surface area is 334 Å². The van der Waals surface area contributed by atoms with Gasteiger partial charge in [0.1, 0.15) is 25.3 Å². The number of benzene rings is 4. The molecule has 0 radical (unpaired) electrons. The molecule has 0 aliphatic heterocycles. The third kappa shape index (κ3) is 11.8. The highest BCUT2D eigenvalue weighted by Gasteiger charge is 2.31. The summed E-state index contributed by atoms with van der Waals surface area (Å²) in [4.78, 5) is 46.6. The van der Waals surface area contributed by atoms with Gasteiger partial charge >= 0.3 is 24.1 Å². The first-order valence-corrected chi connectivity index (χ1v) is 18.9. The second-order valence-electron chi connectivity index (χ2n) is 14.1. The van der Waals surface area contributed by atoms with Crippen molar-refractivity contribution >= 4 is 24.1 Å². The molecule has 6 rings (SSSR count). The highest BCUT2D eigenvalue weighted by Crippen LogP contribution is 2.45. The Bertz CT molecular complexity index is 2020. The average Bonchev–Trinajstić information content (AvgIpc) is 3.70. The summed E-state index contributed by atoms with van der Waals surface area (Å²) in [5.41, 5.74) is 11.4. The molecule has 4 aromatic rings. The molecule has 0 heterocycles. The molecule has 0 aromatic heterocycles. The first kappa shape index (κ1) is 43.3. The van der Waals surface area contributed by atoms with Gasteiger partial charge in [0.25, 0.3) is 0 Å². The van der Waals surface area contributed by atoms with Gasteiger partial charge in [-0.05, 0) is 92.0 Å². The van der Waals surface area contributed by atoms with Gasteiger partial charge < -0.3 is 30.3 Å². The van der Waals surface area contributed by atoms with E-state index in [1.54, 1.807) is 6.08 Å². The van der Waals surface area contributed by atoms with Gasteiger partial charge in [-0.3, -0.25) is 0 Å². The minimum atomic E-state index is -1.12. The molecule has 4 aromatic carbocycles. The van der Waals surface area contributed by atoms with Crippen molar-refractivity contribution in [3.05, 3.63) is 155 Å². The number of carbonyl (C=O) groups excluding carboxylic acids is 2. The Morgan fingerprint density at radius 3 is 1.19 bits per heavy atom. The predicted molar refractivity (Wildman–Crippen MR) is 223 cm³/mol. The number of allylic oxidation sites excluding steroid dienone is 3. The fourth-order valence-electron chi connectivity index (χ4n) is 6.53. The smallest absolute Gasteiger partial charge is 0.407 e. The topological polar surface area (TPSA) is 151 Å². The lowest BCUT2D eigenvalue weighted by Gasteiger charge is -2.17. The van der Waals surface area contributed by atoms with Crippen molar-refractivity contribution in [3.63, 3.8) is 0 Å². The number of carbonyl (C=O) groups is 4. The van der Waals surface area contributed by atoms with Crippen LogP contribution in [0.4, 0.5) is 9.59 Å². The maximum Gasteiger partial charge on any atom is 0.407 e. The number of rotatable bonds is 12. The summed E-state index contributed by atoms with van der Waals surface area (Å²) in [6.07, 6.45) is 4.22. The lowest BCUT2D eigenvalue weighted by Crippen LogP contribution is -2.41. The van der Waals surface area contributed by atoms with Crippen LogP contribution in [0.1, 0.15) is 81.5 Å². The summed E-state index contributed by atoms with van der Waals surface area (Å²) in [7, 11) is 0. The molecule has 0 unspecified atom stereocenters. The molecular formula is C47H52N2O8. The van der Waals surface area contributed by atoms with Crippen molar-refractivity contribution in [2.75, 3.05) is 13.2 Å². The second kappa shape index (κ2) is 21.0. The van der Waals surface area contributed by atoms with Crippen molar-refractivity contribution in [2.45, 2.75) is 71.4 Å². The first-order chi connectivity index (χ1) is 27.4. The van der Waals surface area contributed by atoms with Crippen LogP contribution < -0.4 is 10.6 Å². The Hall–Kier alpha value is -6.42. The number of carboxylic acid groups (broad SMARTS) is 2. The first-order valence-electron chi connectivity index (χ1n) is 18.9. The van der Waals surface area contributed by atoms with Crippen LogP contribution >= 0.6 is 0 Å². The Morgan fingerprint density at radius 1 is 0.596 bits per heavy atom. The molecule has 298 valence electrons. The number of fused-ring (bicyclic) bond motifs is 6. The maximum absolute atomic E-state index is 12.2. The van der Waals surface area contributed by atoms with Gasteiger partial charge in [0.2, 0.25) is 0 Å². The highest BCUT2D eigenvalue weighted by atomic mass is 16.6. The molecule has 0 spiro atoms. The predicted octanol–water partition coefficient (Wildman–Crippen LogP) is 9.86. The van der Waals surface area contributed by atoms with Gasteiger partial charge in [0.05, 0.1) is 0 Å². The molecule has 0 saturated carbocycles. The molecule has 10 nitrogen and oxygen atoms in total. The van der Waals surface area contributed by atoms with Crippen LogP contribution in [0.15, 0.2) is 133 Å². The van der Waals surface area contributed by atoms with E-state index in [4.69, 9.17) is 14.6 Å². The van der Waals surface area contributed by atoms with Gasteiger partial charge in [-0.1, -0.05) is 126 Å². The highest BCUT2D eigenvalue weighted by molar-refractivity contribution is 5.82. The zero-order valence-corrected chi connectivity index (χ0v) is 33.2. The normalized spacial score (nSPS) is 12.8. The SMILES string of the molecule is C=CC[C@H](NC(=O)OCC1c2ccccc2-c2ccccc21)C(=O)O.CC(C)=CC[C@H](NC(=O)OCC1c2ccccc2-c2ccccc21)C(=O)O.CC=C(C)C. The average molecular weight is 773 g/mol. The van der Waals surface area contributed by atoms with E-state index in [0.29, 0.717) is 0 Å². The third-order valence-corrected chi connectivity index (χ3v) is 9.61. The summed E-state index contributed by atoms with van der Waals surface area (Å²) < 4.78 is 10.7. The summed E-state index contributed by atoms with van der Waals surface area (Å²) >= 11 is 0. The standard InChI is InChI=1S/C22H23NO4.C20H19NO4.C5H10/c1-14(2)11-12-20(21(24)25)23-22(26)27-13-19-17-9-5-3-7-15(17)16-8-4-6-10-18(16)19;1-2-7-18(19(22)23)21-20(24)25-12-17-15-10-5-3-8-13(15)14-9-4-6-11-16(14)17;1-4-5(2)3/h3-11,19-20H,12-13H2,1-2H3,(H,23,26)(H,24,25);2-6,8-11,17-18H,1,7,12H2,(H,21,24)(H,22,23);4H,1-3H3/t20-;18-;/m00./s1. The molecule has 2 amide bonds. The van der Waals surface area contributed by atoms with Crippen molar-refractivity contribution < 1.29 is 38.9 Å². The monoisotopic (exact) mass is 772 g/mol. The summed E-state index contributed by atoms with van der Waals surface area (Å²) in [6.45, 7) is 13.8. The largest absolute Gasteiger partial charge is 0.480 e. The van der Waals surface area contributed by atoms with E-state index in [1.165, 1.54) is 11.6 Å². The van der Waals surface area contributed by atoms with Gasteiger partial charge in [0.15, 0.2) is 0 Å². The number of ether oxygens (including phenoxy) is 2. The van der Waals surface area contributed by atoms with Gasteiger partial charge in [-0.25, -0.2) is 19.2 Å². The number of hydrogen-bond donors (Lipinski definition) is 4. The summed E-state index contributed by atoms with van der Waals surface area (Å²) in [5.74, 6) is -2.31. The zero-order chi connectivity index (χ0) is 41.5. The zero-order valence-electron chi connectivity index (χ0n) is 33.2. The Kier molecular flexibility index (Phi) is 16.0. The number of nitrogens with one attached hydrogen (secondary N) is 2. The van der Waals surface area contributed by atoms with E-state index in [-0.39, 0.29) is 37.9 Å². The molecule has 4 N–H and O–H groups in total.